The third kappa shape index (κ3) is 2.81. The van der Waals surface area contributed by atoms with E-state index in [1.807, 2.05) is 54.3 Å². The Morgan fingerprint density at radius 2 is 1.95 bits per heavy atom. The molecule has 0 aliphatic carbocycles. The topological polar surface area (TPSA) is 46.3 Å². The van der Waals surface area contributed by atoms with Crippen LogP contribution in [0.3, 0.4) is 0 Å². The number of fused-ring (bicyclic) bond motifs is 1. The van der Waals surface area contributed by atoms with E-state index in [-0.39, 0.29) is 17.9 Å². The maximum atomic E-state index is 12.8. The van der Waals surface area contributed by atoms with E-state index in [0.29, 0.717) is 0 Å². The lowest BCUT2D eigenvalue weighted by molar-refractivity contribution is -0.122. The van der Waals surface area contributed by atoms with Crippen LogP contribution in [0.1, 0.15) is 24.1 Å². The Morgan fingerprint density at radius 1 is 1.23 bits per heavy atom. The lowest BCUT2D eigenvalue weighted by Gasteiger charge is -2.25. The molecule has 2 atom stereocenters. The van der Waals surface area contributed by atoms with Crippen molar-refractivity contribution in [3.8, 4) is 0 Å². The smallest absolute Gasteiger partial charge is 0.231 e. The van der Waals surface area contributed by atoms with Crippen molar-refractivity contribution in [1.82, 2.24) is 0 Å². The Balaban J connectivity index is 1.81. The monoisotopic (exact) mass is 358 g/mol. The largest absolute Gasteiger partial charge is 0.323 e. The van der Waals surface area contributed by atoms with Gasteiger partial charge in [0.15, 0.2) is 0 Å². The molecule has 4 heteroatoms. The van der Waals surface area contributed by atoms with Crippen molar-refractivity contribution in [2.45, 2.75) is 19.4 Å². The van der Waals surface area contributed by atoms with E-state index in [0.717, 1.165) is 28.7 Å². The summed E-state index contributed by atoms with van der Waals surface area (Å²) < 4.78 is 1.05. The summed E-state index contributed by atoms with van der Waals surface area (Å²) in [4.78, 5) is 14.7. The third-order valence-corrected chi connectivity index (χ3v) is 4.81. The quantitative estimate of drug-likeness (QED) is 0.909. The van der Waals surface area contributed by atoms with E-state index in [1.54, 1.807) is 0 Å². The molecule has 3 nitrogen and oxygen atoms in total. The Labute approximate surface area is 139 Å². The maximum Gasteiger partial charge on any atom is 0.231 e. The van der Waals surface area contributed by atoms with Crippen molar-refractivity contribution in [3.05, 3.63) is 64.1 Å². The number of nitrogens with two attached hydrogens (primary N) is 1. The highest BCUT2D eigenvalue weighted by Gasteiger charge is 2.31. The maximum absolute atomic E-state index is 12.8. The zero-order valence-corrected chi connectivity index (χ0v) is 14.1. The predicted octanol–water partition coefficient (Wildman–Crippen LogP) is 3.67. The van der Waals surface area contributed by atoms with Gasteiger partial charge in [-0.2, -0.15) is 0 Å². The van der Waals surface area contributed by atoms with Crippen molar-refractivity contribution in [1.29, 1.82) is 0 Å². The molecule has 0 saturated heterocycles. The number of hydrogen-bond acceptors (Lipinski definition) is 2. The number of halogens is 1. The normalized spacial score (nSPS) is 16.2. The van der Waals surface area contributed by atoms with Crippen LogP contribution in [0.15, 0.2) is 53.0 Å². The summed E-state index contributed by atoms with van der Waals surface area (Å²) in [6, 6.07) is 15.6. The Kier molecular flexibility index (Phi) is 4.32. The van der Waals surface area contributed by atoms with E-state index in [2.05, 4.69) is 22.0 Å². The van der Waals surface area contributed by atoms with Crippen LogP contribution in [0, 0.1) is 5.92 Å². The molecule has 0 fully saturated rings. The number of carbonyl (C=O) groups excluding carboxylic acids is 1. The fraction of sp³-hybridized carbons (Fsp3) is 0.278. The zero-order valence-electron chi connectivity index (χ0n) is 12.5. The molecule has 114 valence electrons. The molecule has 0 saturated carbocycles. The van der Waals surface area contributed by atoms with Crippen molar-refractivity contribution < 1.29 is 4.79 Å². The van der Waals surface area contributed by atoms with E-state index in [9.17, 15) is 4.79 Å². The molecule has 0 spiro atoms. The summed E-state index contributed by atoms with van der Waals surface area (Å²) in [6.07, 6.45) is 0.897. The van der Waals surface area contributed by atoms with Crippen molar-refractivity contribution in [2.75, 3.05) is 11.4 Å². The van der Waals surface area contributed by atoms with Gasteiger partial charge in [0.1, 0.15) is 0 Å². The molecular weight excluding hydrogens is 340 g/mol. The Bertz CT molecular complexity index is 687. The molecule has 22 heavy (non-hydrogen) atoms. The second kappa shape index (κ2) is 6.23. The number of rotatable bonds is 3. The number of anilines is 1. The van der Waals surface area contributed by atoms with Crippen molar-refractivity contribution in [2.24, 2.45) is 11.7 Å². The van der Waals surface area contributed by atoms with E-state index in [4.69, 9.17) is 5.73 Å². The second-order valence-electron chi connectivity index (χ2n) is 5.74. The molecular formula is C18H19BrN2O. The van der Waals surface area contributed by atoms with Crippen molar-refractivity contribution >= 4 is 27.5 Å². The van der Waals surface area contributed by atoms with Gasteiger partial charge in [-0.15, -0.1) is 0 Å². The minimum Gasteiger partial charge on any atom is -0.323 e. The van der Waals surface area contributed by atoms with Crippen LogP contribution in [-0.4, -0.2) is 12.5 Å². The first-order valence-corrected chi connectivity index (χ1v) is 8.27. The van der Waals surface area contributed by atoms with Crippen LogP contribution in [0.25, 0.3) is 0 Å². The van der Waals surface area contributed by atoms with Gasteiger partial charge in [0.25, 0.3) is 0 Å². The fourth-order valence-electron chi connectivity index (χ4n) is 2.96. The zero-order chi connectivity index (χ0) is 15.7. The predicted molar refractivity (Wildman–Crippen MR) is 92.7 cm³/mol. The molecule has 3 rings (SSSR count). The molecule has 0 bridgehead atoms. The fourth-order valence-corrected chi connectivity index (χ4v) is 3.37. The van der Waals surface area contributed by atoms with Gasteiger partial charge in [-0.1, -0.05) is 53.2 Å². The van der Waals surface area contributed by atoms with Crippen LogP contribution >= 0.6 is 15.9 Å². The average molecular weight is 359 g/mol. The van der Waals surface area contributed by atoms with Crippen LogP contribution in [0.2, 0.25) is 0 Å². The van der Waals surface area contributed by atoms with Crippen molar-refractivity contribution in [3.63, 3.8) is 0 Å². The Hall–Kier alpha value is -1.65. The summed E-state index contributed by atoms with van der Waals surface area (Å²) in [5.41, 5.74) is 9.52. The standard InChI is InChI=1S/C18H19BrN2O/c1-12(17(20)13-5-3-2-4-6-13)18(22)21-10-9-14-11-15(19)7-8-16(14)21/h2-8,11-12,17H,9-10,20H2,1H3. The van der Waals surface area contributed by atoms with Crippen LogP contribution in [-0.2, 0) is 11.2 Å². The average Bonchev–Trinajstić information content (AvgIpc) is 2.96. The van der Waals surface area contributed by atoms with Crippen LogP contribution < -0.4 is 10.6 Å². The number of hydrogen-bond donors (Lipinski definition) is 1. The number of nitrogens with zero attached hydrogens (tertiary/aromatic N) is 1. The van der Waals surface area contributed by atoms with Gasteiger partial charge in [-0.3, -0.25) is 4.79 Å². The second-order valence-corrected chi connectivity index (χ2v) is 6.65. The highest BCUT2D eigenvalue weighted by molar-refractivity contribution is 9.10. The van der Waals surface area contributed by atoms with E-state index in [1.165, 1.54) is 5.56 Å². The molecule has 2 aromatic carbocycles. The number of carbonyl (C=O) groups is 1. The lowest BCUT2D eigenvalue weighted by atomic mass is 9.94. The summed E-state index contributed by atoms with van der Waals surface area (Å²) in [5, 5.41) is 0. The van der Waals surface area contributed by atoms with Gasteiger partial charge in [0.05, 0.1) is 5.92 Å². The van der Waals surface area contributed by atoms with Gasteiger partial charge < -0.3 is 10.6 Å². The van der Waals surface area contributed by atoms with E-state index >= 15 is 0 Å². The third-order valence-electron chi connectivity index (χ3n) is 4.32. The number of benzene rings is 2. The number of amides is 1. The summed E-state index contributed by atoms with van der Waals surface area (Å²) in [7, 11) is 0. The van der Waals surface area contributed by atoms with Gasteiger partial charge in [-0.05, 0) is 35.7 Å². The molecule has 2 aromatic rings. The minimum absolute atomic E-state index is 0.0948. The van der Waals surface area contributed by atoms with E-state index < -0.39 is 0 Å². The first-order valence-electron chi connectivity index (χ1n) is 7.48. The molecule has 0 radical (unpaired) electrons. The Morgan fingerprint density at radius 3 is 2.68 bits per heavy atom. The van der Waals surface area contributed by atoms with Gasteiger partial charge in [0.2, 0.25) is 5.91 Å². The van der Waals surface area contributed by atoms with Gasteiger partial charge in [0, 0.05) is 22.7 Å². The summed E-state index contributed by atoms with van der Waals surface area (Å²) >= 11 is 3.48. The van der Waals surface area contributed by atoms with Gasteiger partial charge in [-0.25, -0.2) is 0 Å². The lowest BCUT2D eigenvalue weighted by Crippen LogP contribution is -2.38. The van der Waals surface area contributed by atoms with Gasteiger partial charge >= 0.3 is 0 Å². The summed E-state index contributed by atoms with van der Waals surface area (Å²) in [6.45, 7) is 2.65. The van der Waals surface area contributed by atoms with Crippen LogP contribution in [0.5, 0.6) is 0 Å². The summed E-state index contributed by atoms with van der Waals surface area (Å²) in [5.74, 6) is -0.158. The molecule has 1 aliphatic rings. The first kappa shape index (κ1) is 15.3. The molecule has 1 amide bonds. The minimum atomic E-state index is -0.284. The van der Waals surface area contributed by atoms with Crippen LogP contribution in [0.4, 0.5) is 5.69 Å². The molecule has 1 aliphatic heterocycles. The molecule has 1 heterocycles. The molecule has 2 N–H and O–H groups in total. The highest BCUT2D eigenvalue weighted by Crippen LogP contribution is 2.33. The molecule has 0 aromatic heterocycles. The molecule has 2 unspecified atom stereocenters. The SMILES string of the molecule is CC(C(=O)N1CCc2cc(Br)ccc21)C(N)c1ccccc1. The first-order chi connectivity index (χ1) is 10.6. The highest BCUT2D eigenvalue weighted by atomic mass is 79.9.